The highest BCUT2D eigenvalue weighted by Crippen LogP contribution is 2.24. The van der Waals surface area contributed by atoms with Crippen LogP contribution < -0.4 is 9.62 Å². The van der Waals surface area contributed by atoms with Crippen LogP contribution in [0.25, 0.3) is 0 Å². The lowest BCUT2D eigenvalue weighted by atomic mass is 10.2. The van der Waals surface area contributed by atoms with E-state index < -0.39 is 27.8 Å². The third-order valence-electron chi connectivity index (χ3n) is 3.63. The van der Waals surface area contributed by atoms with E-state index in [1.807, 2.05) is 0 Å². The van der Waals surface area contributed by atoms with Gasteiger partial charge in [-0.2, -0.15) is 0 Å². The maximum absolute atomic E-state index is 13.1. The molecular weight excluding hydrogens is 367 g/mol. The number of carbonyl (C=O) groups excluding carboxylic acids is 1. The summed E-state index contributed by atoms with van der Waals surface area (Å²) in [7, 11) is -3.76. The fraction of sp³-hybridized carbons (Fsp3) is 0.235. The summed E-state index contributed by atoms with van der Waals surface area (Å²) in [6, 6.07) is 8.88. The van der Waals surface area contributed by atoms with Crippen molar-refractivity contribution in [3.8, 4) is 0 Å². The maximum atomic E-state index is 13.1. The first-order valence-corrected chi connectivity index (χ1v) is 9.64. The van der Waals surface area contributed by atoms with Gasteiger partial charge in [0.2, 0.25) is 15.9 Å². The Labute approximate surface area is 151 Å². The molecule has 2 aromatic carbocycles. The first-order valence-electron chi connectivity index (χ1n) is 7.41. The van der Waals surface area contributed by atoms with Crippen LogP contribution in [-0.2, 0) is 14.8 Å². The van der Waals surface area contributed by atoms with Gasteiger partial charge in [-0.25, -0.2) is 12.8 Å². The highest BCUT2D eigenvalue weighted by Gasteiger charge is 2.29. The number of rotatable bonds is 5. The van der Waals surface area contributed by atoms with Crippen molar-refractivity contribution in [1.82, 2.24) is 0 Å². The third-order valence-corrected chi connectivity index (χ3v) is 5.10. The molecule has 2 rings (SSSR count). The molecule has 1 N–H and O–H groups in total. The Bertz CT molecular complexity index is 885. The zero-order valence-electron chi connectivity index (χ0n) is 14.0. The van der Waals surface area contributed by atoms with Crippen LogP contribution in [0.3, 0.4) is 0 Å². The average Bonchev–Trinajstić information content (AvgIpc) is 2.51. The molecule has 1 unspecified atom stereocenters. The molecule has 8 heteroatoms. The zero-order valence-corrected chi connectivity index (χ0v) is 15.5. The summed E-state index contributed by atoms with van der Waals surface area (Å²) in [5.74, 6) is -1.02. The van der Waals surface area contributed by atoms with Crippen LogP contribution in [-0.4, -0.2) is 26.6 Å². The molecule has 0 fully saturated rings. The van der Waals surface area contributed by atoms with Gasteiger partial charge in [-0.05, 0) is 55.8 Å². The summed E-state index contributed by atoms with van der Waals surface area (Å²) in [5, 5.41) is 3.13. The number of halogens is 2. The van der Waals surface area contributed by atoms with Gasteiger partial charge in [0.25, 0.3) is 0 Å². The predicted molar refractivity (Wildman–Crippen MR) is 98.0 cm³/mol. The van der Waals surface area contributed by atoms with Crippen LogP contribution in [0.4, 0.5) is 15.8 Å². The Kier molecular flexibility index (Phi) is 5.69. The first kappa shape index (κ1) is 19.2. The molecule has 0 bridgehead atoms. The molecule has 25 heavy (non-hydrogen) atoms. The number of nitrogens with one attached hydrogen (secondary N) is 1. The van der Waals surface area contributed by atoms with Crippen molar-refractivity contribution in [2.75, 3.05) is 15.9 Å². The quantitative estimate of drug-likeness (QED) is 0.856. The Balaban J connectivity index is 2.33. The lowest BCUT2D eigenvalue weighted by Gasteiger charge is -2.28. The van der Waals surface area contributed by atoms with E-state index in [1.54, 1.807) is 25.1 Å². The molecule has 134 valence electrons. The van der Waals surface area contributed by atoms with Gasteiger partial charge in [-0.3, -0.25) is 9.10 Å². The van der Waals surface area contributed by atoms with Crippen LogP contribution in [0.5, 0.6) is 0 Å². The largest absolute Gasteiger partial charge is 0.324 e. The van der Waals surface area contributed by atoms with E-state index in [0.29, 0.717) is 10.7 Å². The van der Waals surface area contributed by atoms with Gasteiger partial charge in [-0.15, -0.1) is 0 Å². The highest BCUT2D eigenvalue weighted by molar-refractivity contribution is 7.92. The smallest absolute Gasteiger partial charge is 0.248 e. The second kappa shape index (κ2) is 7.41. The van der Waals surface area contributed by atoms with Crippen molar-refractivity contribution in [3.63, 3.8) is 0 Å². The molecule has 1 atom stereocenters. The molecule has 0 radical (unpaired) electrons. The van der Waals surface area contributed by atoms with Gasteiger partial charge in [-0.1, -0.05) is 17.7 Å². The fourth-order valence-electron chi connectivity index (χ4n) is 2.36. The molecular formula is C17H18ClFN2O3S. The highest BCUT2D eigenvalue weighted by atomic mass is 35.5. The second-order valence-electron chi connectivity index (χ2n) is 5.66. The monoisotopic (exact) mass is 384 g/mol. The molecule has 2 aromatic rings. The molecule has 5 nitrogen and oxygen atoms in total. The fourth-order valence-corrected chi connectivity index (χ4v) is 3.71. The molecule has 0 aromatic heterocycles. The van der Waals surface area contributed by atoms with Gasteiger partial charge in [0.05, 0.1) is 11.9 Å². The number of carbonyl (C=O) groups is 1. The molecule has 1 amide bonds. The molecule has 0 aliphatic carbocycles. The summed E-state index contributed by atoms with van der Waals surface area (Å²) in [5.41, 5.74) is 1.49. The molecule has 0 aliphatic heterocycles. The van der Waals surface area contributed by atoms with Crippen LogP contribution >= 0.6 is 11.6 Å². The van der Waals surface area contributed by atoms with Crippen molar-refractivity contribution < 1.29 is 17.6 Å². The van der Waals surface area contributed by atoms with E-state index in [-0.39, 0.29) is 5.69 Å². The SMILES string of the molecule is Cc1ccc(Cl)cc1NC(=O)C(C)N(c1ccc(F)cc1)S(C)(=O)=O. The number of anilines is 2. The van der Waals surface area contributed by atoms with Crippen molar-refractivity contribution in [2.45, 2.75) is 19.9 Å². The van der Waals surface area contributed by atoms with Gasteiger partial charge < -0.3 is 5.32 Å². The number of nitrogens with zero attached hydrogens (tertiary/aromatic N) is 1. The van der Waals surface area contributed by atoms with Crippen LogP contribution in [0.2, 0.25) is 5.02 Å². The Morgan fingerprint density at radius 2 is 1.80 bits per heavy atom. The van der Waals surface area contributed by atoms with Gasteiger partial charge in [0.15, 0.2) is 0 Å². The van der Waals surface area contributed by atoms with Gasteiger partial charge >= 0.3 is 0 Å². The number of hydrogen-bond acceptors (Lipinski definition) is 3. The average molecular weight is 385 g/mol. The van der Waals surface area contributed by atoms with Crippen molar-refractivity contribution >= 4 is 38.9 Å². The molecule has 0 heterocycles. The number of amides is 1. The van der Waals surface area contributed by atoms with Crippen molar-refractivity contribution in [2.24, 2.45) is 0 Å². The molecule has 0 aliphatic rings. The third kappa shape index (κ3) is 4.70. The van der Waals surface area contributed by atoms with E-state index in [1.165, 1.54) is 19.1 Å². The van der Waals surface area contributed by atoms with Crippen molar-refractivity contribution in [3.05, 3.63) is 58.9 Å². The Morgan fingerprint density at radius 1 is 1.20 bits per heavy atom. The number of hydrogen-bond donors (Lipinski definition) is 1. The van der Waals surface area contributed by atoms with E-state index in [9.17, 15) is 17.6 Å². The Morgan fingerprint density at radius 3 is 2.36 bits per heavy atom. The number of sulfonamides is 1. The minimum atomic E-state index is -3.76. The zero-order chi connectivity index (χ0) is 18.8. The summed E-state index contributed by atoms with van der Waals surface area (Å²) < 4.78 is 38.4. The first-order chi connectivity index (χ1) is 11.6. The second-order valence-corrected chi connectivity index (χ2v) is 7.96. The van der Waals surface area contributed by atoms with E-state index in [2.05, 4.69) is 5.32 Å². The predicted octanol–water partition coefficient (Wildman–Crippen LogP) is 3.58. The summed E-state index contributed by atoms with van der Waals surface area (Å²) in [4.78, 5) is 12.6. The molecule has 0 saturated heterocycles. The molecule has 0 spiro atoms. The lowest BCUT2D eigenvalue weighted by molar-refractivity contribution is -0.116. The normalized spacial score (nSPS) is 12.5. The van der Waals surface area contributed by atoms with Gasteiger partial charge in [0, 0.05) is 10.7 Å². The summed E-state index contributed by atoms with van der Waals surface area (Å²) in [6.45, 7) is 3.25. The Hall–Kier alpha value is -2.12. The number of benzene rings is 2. The van der Waals surface area contributed by atoms with E-state index >= 15 is 0 Å². The van der Waals surface area contributed by atoms with E-state index in [4.69, 9.17) is 11.6 Å². The summed E-state index contributed by atoms with van der Waals surface area (Å²) in [6.07, 6.45) is 0.991. The standard InChI is InChI=1S/C17H18ClFN2O3S/c1-11-4-5-13(18)10-16(11)20-17(22)12(2)21(25(3,23)24)15-8-6-14(19)7-9-15/h4-10,12H,1-3H3,(H,20,22). The van der Waals surface area contributed by atoms with Gasteiger partial charge in [0.1, 0.15) is 11.9 Å². The van der Waals surface area contributed by atoms with E-state index in [0.717, 1.165) is 28.3 Å². The van der Waals surface area contributed by atoms with Crippen LogP contribution in [0, 0.1) is 12.7 Å². The lowest BCUT2D eigenvalue weighted by Crippen LogP contribution is -2.45. The van der Waals surface area contributed by atoms with Crippen LogP contribution in [0.1, 0.15) is 12.5 Å². The topological polar surface area (TPSA) is 66.5 Å². The maximum Gasteiger partial charge on any atom is 0.248 e. The minimum Gasteiger partial charge on any atom is -0.324 e. The van der Waals surface area contributed by atoms with Crippen molar-refractivity contribution in [1.29, 1.82) is 0 Å². The number of aryl methyl sites for hydroxylation is 1. The summed E-state index contributed by atoms with van der Waals surface area (Å²) >= 11 is 5.93. The van der Waals surface area contributed by atoms with Crippen LogP contribution in [0.15, 0.2) is 42.5 Å². The molecule has 0 saturated carbocycles. The minimum absolute atomic E-state index is 0.203.